The van der Waals surface area contributed by atoms with Crippen LogP contribution >= 0.6 is 15.9 Å². The van der Waals surface area contributed by atoms with Crippen molar-refractivity contribution < 1.29 is 15.0 Å². The third-order valence-corrected chi connectivity index (χ3v) is 2.27. The largest absolute Gasteiger partial charge is 0.385 e. The van der Waals surface area contributed by atoms with Crippen LogP contribution in [0, 0.1) is 0 Å². The Morgan fingerprint density at radius 2 is 2.07 bits per heavy atom. The molecule has 5 heteroatoms. The molecule has 0 aromatic heterocycles. The van der Waals surface area contributed by atoms with Crippen molar-refractivity contribution >= 4 is 21.8 Å². The maximum absolute atomic E-state index is 10.6. The van der Waals surface area contributed by atoms with Gasteiger partial charge in [0.05, 0.1) is 0 Å². The quantitative estimate of drug-likeness (QED) is 0.732. The molecule has 1 aromatic carbocycles. The van der Waals surface area contributed by atoms with Crippen molar-refractivity contribution in [2.45, 2.75) is 12.2 Å². The van der Waals surface area contributed by atoms with E-state index in [1.54, 1.807) is 24.3 Å². The molecule has 0 bridgehead atoms. The van der Waals surface area contributed by atoms with Gasteiger partial charge in [-0.2, -0.15) is 0 Å². The zero-order valence-corrected chi connectivity index (χ0v) is 8.81. The van der Waals surface area contributed by atoms with Crippen LogP contribution in [-0.2, 0) is 4.79 Å². The minimum Gasteiger partial charge on any atom is -0.385 e. The molecule has 2 unspecified atom stereocenters. The van der Waals surface area contributed by atoms with E-state index >= 15 is 0 Å². The van der Waals surface area contributed by atoms with E-state index in [9.17, 15) is 15.0 Å². The molecule has 0 fully saturated rings. The molecular weight excluding hydrogens is 250 g/mol. The summed E-state index contributed by atoms with van der Waals surface area (Å²) in [5.74, 6) is -0.947. The molecule has 0 aliphatic heterocycles. The van der Waals surface area contributed by atoms with Crippen molar-refractivity contribution in [2.75, 3.05) is 0 Å². The number of amides is 1. The number of carbonyl (C=O) groups is 1. The molecule has 0 saturated carbocycles. The predicted octanol–water partition coefficient (Wildman–Crippen LogP) is 0.329. The predicted molar refractivity (Wildman–Crippen MR) is 54.3 cm³/mol. The van der Waals surface area contributed by atoms with Crippen LogP contribution in [0.2, 0.25) is 0 Å². The number of aliphatic hydroxyl groups excluding tert-OH is 2. The highest BCUT2D eigenvalue weighted by molar-refractivity contribution is 9.10. The zero-order chi connectivity index (χ0) is 10.7. The average Bonchev–Trinajstić information content (AvgIpc) is 2.15. The van der Waals surface area contributed by atoms with Crippen LogP contribution in [0.1, 0.15) is 11.7 Å². The van der Waals surface area contributed by atoms with Crippen molar-refractivity contribution in [3.05, 3.63) is 34.3 Å². The normalized spacial score (nSPS) is 14.8. The smallest absolute Gasteiger partial charge is 0.249 e. The molecule has 76 valence electrons. The topological polar surface area (TPSA) is 83.6 Å². The SMILES string of the molecule is NC(=O)C(O)C(O)c1cccc(Br)c1. The number of nitrogens with two attached hydrogens (primary N) is 1. The first-order valence-electron chi connectivity index (χ1n) is 3.93. The van der Waals surface area contributed by atoms with Gasteiger partial charge in [0.2, 0.25) is 5.91 Å². The summed E-state index contributed by atoms with van der Waals surface area (Å²) in [5, 5.41) is 18.7. The fourth-order valence-corrected chi connectivity index (χ4v) is 1.45. The van der Waals surface area contributed by atoms with Gasteiger partial charge >= 0.3 is 0 Å². The van der Waals surface area contributed by atoms with E-state index in [1.807, 2.05) is 0 Å². The molecular formula is C9H10BrNO3. The summed E-state index contributed by atoms with van der Waals surface area (Å²) in [6.07, 6.45) is -2.87. The molecule has 0 aliphatic rings. The summed E-state index contributed by atoms with van der Waals surface area (Å²) in [4.78, 5) is 10.6. The van der Waals surface area contributed by atoms with Crippen LogP contribution in [0.5, 0.6) is 0 Å². The second kappa shape index (κ2) is 4.54. The van der Waals surface area contributed by atoms with Gasteiger partial charge in [-0.25, -0.2) is 0 Å². The molecule has 0 heterocycles. The lowest BCUT2D eigenvalue weighted by Gasteiger charge is -2.14. The number of primary amides is 1. The Hall–Kier alpha value is -0.910. The first kappa shape index (κ1) is 11.2. The maximum atomic E-state index is 10.6. The third kappa shape index (κ3) is 2.54. The van der Waals surface area contributed by atoms with Crippen LogP contribution in [0.15, 0.2) is 28.7 Å². The zero-order valence-electron chi connectivity index (χ0n) is 7.22. The van der Waals surface area contributed by atoms with Gasteiger partial charge in [0, 0.05) is 4.47 Å². The maximum Gasteiger partial charge on any atom is 0.249 e. The number of rotatable bonds is 3. The fraction of sp³-hybridized carbons (Fsp3) is 0.222. The highest BCUT2D eigenvalue weighted by atomic mass is 79.9. The Kier molecular flexibility index (Phi) is 3.62. The first-order chi connectivity index (χ1) is 6.52. The van der Waals surface area contributed by atoms with E-state index in [4.69, 9.17) is 5.73 Å². The van der Waals surface area contributed by atoms with Gasteiger partial charge in [-0.15, -0.1) is 0 Å². The molecule has 1 amide bonds. The van der Waals surface area contributed by atoms with Crippen molar-refractivity contribution in [1.82, 2.24) is 0 Å². The lowest BCUT2D eigenvalue weighted by Crippen LogP contribution is -2.33. The Bertz CT molecular complexity index is 343. The van der Waals surface area contributed by atoms with Gasteiger partial charge in [0.15, 0.2) is 6.10 Å². The van der Waals surface area contributed by atoms with Crippen LogP contribution in [0.3, 0.4) is 0 Å². The van der Waals surface area contributed by atoms with E-state index < -0.39 is 18.1 Å². The fourth-order valence-electron chi connectivity index (χ4n) is 1.03. The third-order valence-electron chi connectivity index (χ3n) is 1.78. The molecule has 14 heavy (non-hydrogen) atoms. The second-order valence-electron chi connectivity index (χ2n) is 2.85. The van der Waals surface area contributed by atoms with Crippen LogP contribution in [0.25, 0.3) is 0 Å². The van der Waals surface area contributed by atoms with Crippen molar-refractivity contribution in [1.29, 1.82) is 0 Å². The van der Waals surface area contributed by atoms with E-state index in [-0.39, 0.29) is 0 Å². The van der Waals surface area contributed by atoms with Gasteiger partial charge < -0.3 is 15.9 Å². The van der Waals surface area contributed by atoms with Crippen molar-refractivity contribution in [3.8, 4) is 0 Å². The molecule has 0 radical (unpaired) electrons. The molecule has 4 nitrogen and oxygen atoms in total. The monoisotopic (exact) mass is 259 g/mol. The Labute approximate surface area is 89.5 Å². The summed E-state index contributed by atoms with van der Waals surface area (Å²) in [6, 6.07) is 6.67. The van der Waals surface area contributed by atoms with E-state index in [2.05, 4.69) is 15.9 Å². The van der Waals surface area contributed by atoms with Gasteiger partial charge in [0.1, 0.15) is 6.10 Å². The summed E-state index contributed by atoms with van der Waals surface area (Å²) in [7, 11) is 0. The number of aliphatic hydroxyl groups is 2. The second-order valence-corrected chi connectivity index (χ2v) is 3.76. The molecule has 1 rings (SSSR count). The summed E-state index contributed by atoms with van der Waals surface area (Å²) >= 11 is 3.21. The first-order valence-corrected chi connectivity index (χ1v) is 4.72. The number of hydrogen-bond donors (Lipinski definition) is 3. The Balaban J connectivity index is 2.89. The van der Waals surface area contributed by atoms with Gasteiger partial charge in [-0.1, -0.05) is 28.1 Å². The Morgan fingerprint density at radius 1 is 1.43 bits per heavy atom. The van der Waals surface area contributed by atoms with Gasteiger partial charge in [-0.05, 0) is 17.7 Å². The van der Waals surface area contributed by atoms with E-state index in [1.165, 1.54) is 0 Å². The van der Waals surface area contributed by atoms with Crippen molar-refractivity contribution in [3.63, 3.8) is 0 Å². The van der Waals surface area contributed by atoms with E-state index in [0.717, 1.165) is 4.47 Å². The van der Waals surface area contributed by atoms with Crippen LogP contribution in [-0.4, -0.2) is 22.2 Å². The molecule has 0 saturated heterocycles. The molecule has 2 atom stereocenters. The number of carbonyl (C=O) groups excluding carboxylic acids is 1. The Morgan fingerprint density at radius 3 is 2.57 bits per heavy atom. The van der Waals surface area contributed by atoms with Gasteiger partial charge in [-0.3, -0.25) is 4.79 Å². The number of benzene rings is 1. The molecule has 0 spiro atoms. The number of hydrogen-bond acceptors (Lipinski definition) is 3. The highest BCUT2D eigenvalue weighted by Crippen LogP contribution is 2.20. The van der Waals surface area contributed by atoms with Crippen molar-refractivity contribution in [2.24, 2.45) is 5.73 Å². The van der Waals surface area contributed by atoms with Crippen LogP contribution in [0.4, 0.5) is 0 Å². The molecule has 1 aromatic rings. The van der Waals surface area contributed by atoms with Crippen LogP contribution < -0.4 is 5.73 Å². The number of halogens is 1. The molecule has 4 N–H and O–H groups in total. The standard InChI is InChI=1S/C9H10BrNO3/c10-6-3-1-2-5(4-6)7(12)8(13)9(11)14/h1-4,7-8,12-13H,(H2,11,14). The highest BCUT2D eigenvalue weighted by Gasteiger charge is 2.23. The minimum atomic E-state index is -1.58. The molecule has 0 aliphatic carbocycles. The summed E-state index contributed by atoms with van der Waals surface area (Å²) < 4.78 is 0.755. The van der Waals surface area contributed by atoms with E-state index in [0.29, 0.717) is 5.56 Å². The summed E-state index contributed by atoms with van der Waals surface area (Å²) in [6.45, 7) is 0. The lowest BCUT2D eigenvalue weighted by atomic mass is 10.0. The average molecular weight is 260 g/mol. The summed E-state index contributed by atoms with van der Waals surface area (Å²) in [5.41, 5.74) is 5.29. The minimum absolute atomic E-state index is 0.436. The lowest BCUT2D eigenvalue weighted by molar-refractivity contribution is -0.131. The van der Waals surface area contributed by atoms with Gasteiger partial charge in [0.25, 0.3) is 0 Å².